The fraction of sp³-hybridized carbons (Fsp3) is 0.250. The summed E-state index contributed by atoms with van der Waals surface area (Å²) in [4.78, 5) is 34.4. The molecule has 0 spiro atoms. The first-order valence-electron chi connectivity index (χ1n) is 8.35. The third kappa shape index (κ3) is 2.71. The smallest absolute Gasteiger partial charge is 0.230 e. The number of nitrogens with zero attached hydrogens (tertiary/aromatic N) is 2. The molecule has 1 N–H and O–H groups in total. The standard InChI is InChI=1S/C20H19N3O2/c1-12-7-8-16-17(9-12)22-19(21-16)11-23(2)20(25)15-10-18(24)14-6-4-3-5-13(14)15/h3-9,15H,10-11H2,1-2H3,(H,21,22). The van der Waals surface area contributed by atoms with Gasteiger partial charge in [-0.15, -0.1) is 0 Å². The number of fused-ring (bicyclic) bond motifs is 2. The molecule has 0 radical (unpaired) electrons. The fourth-order valence-electron chi connectivity index (χ4n) is 3.50. The molecule has 1 aliphatic rings. The van der Waals surface area contributed by atoms with E-state index < -0.39 is 0 Å². The molecule has 0 saturated heterocycles. The minimum atomic E-state index is -0.389. The maximum Gasteiger partial charge on any atom is 0.230 e. The Kier molecular flexibility index (Phi) is 3.64. The van der Waals surface area contributed by atoms with E-state index in [9.17, 15) is 9.59 Å². The molecule has 1 atom stereocenters. The summed E-state index contributed by atoms with van der Waals surface area (Å²) in [6, 6.07) is 13.4. The fourth-order valence-corrected chi connectivity index (χ4v) is 3.50. The molecule has 0 fully saturated rings. The van der Waals surface area contributed by atoms with E-state index in [1.807, 2.05) is 43.3 Å². The average molecular weight is 333 g/mol. The number of hydrogen-bond donors (Lipinski definition) is 1. The van der Waals surface area contributed by atoms with Gasteiger partial charge in [-0.3, -0.25) is 9.59 Å². The Morgan fingerprint density at radius 3 is 2.92 bits per heavy atom. The summed E-state index contributed by atoms with van der Waals surface area (Å²) >= 11 is 0. The summed E-state index contributed by atoms with van der Waals surface area (Å²) in [7, 11) is 1.76. The van der Waals surface area contributed by atoms with Crippen molar-refractivity contribution in [2.45, 2.75) is 25.8 Å². The van der Waals surface area contributed by atoms with Crippen molar-refractivity contribution in [2.24, 2.45) is 0 Å². The number of Topliss-reactive ketones (excluding diaryl/α,β-unsaturated/α-hetero) is 1. The number of H-pyrrole nitrogens is 1. The monoisotopic (exact) mass is 333 g/mol. The first kappa shape index (κ1) is 15.6. The highest BCUT2D eigenvalue weighted by Gasteiger charge is 2.35. The van der Waals surface area contributed by atoms with Crippen LogP contribution in [0.3, 0.4) is 0 Å². The highest BCUT2D eigenvalue weighted by molar-refractivity contribution is 6.06. The Morgan fingerprint density at radius 1 is 1.28 bits per heavy atom. The topological polar surface area (TPSA) is 66.1 Å². The van der Waals surface area contributed by atoms with Crippen molar-refractivity contribution in [1.82, 2.24) is 14.9 Å². The van der Waals surface area contributed by atoms with Gasteiger partial charge in [-0.05, 0) is 30.2 Å². The molecule has 5 nitrogen and oxygen atoms in total. The Balaban J connectivity index is 1.55. The molecule has 0 bridgehead atoms. The summed E-state index contributed by atoms with van der Waals surface area (Å²) in [6.45, 7) is 2.42. The lowest BCUT2D eigenvalue weighted by Gasteiger charge is -2.20. The van der Waals surface area contributed by atoms with Gasteiger partial charge in [-0.2, -0.15) is 0 Å². The van der Waals surface area contributed by atoms with E-state index >= 15 is 0 Å². The van der Waals surface area contributed by atoms with E-state index in [0.29, 0.717) is 12.1 Å². The molecule has 1 amide bonds. The number of nitrogens with one attached hydrogen (secondary N) is 1. The van der Waals surface area contributed by atoms with Gasteiger partial charge in [-0.25, -0.2) is 4.98 Å². The quantitative estimate of drug-likeness (QED) is 0.800. The van der Waals surface area contributed by atoms with Gasteiger partial charge in [0.2, 0.25) is 5.91 Å². The molecule has 1 aromatic heterocycles. The highest BCUT2D eigenvalue weighted by atomic mass is 16.2. The van der Waals surface area contributed by atoms with Gasteiger partial charge in [0, 0.05) is 19.0 Å². The number of likely N-dealkylation sites (N-methyl/N-ethyl adjacent to an activating group) is 1. The number of rotatable bonds is 3. The number of benzene rings is 2. The second kappa shape index (κ2) is 5.84. The van der Waals surface area contributed by atoms with Crippen molar-refractivity contribution in [2.75, 3.05) is 7.05 Å². The van der Waals surface area contributed by atoms with Gasteiger partial charge in [0.05, 0.1) is 23.5 Å². The van der Waals surface area contributed by atoms with Crippen molar-refractivity contribution in [3.05, 3.63) is 65.0 Å². The number of carbonyl (C=O) groups excluding carboxylic acids is 2. The van der Waals surface area contributed by atoms with Gasteiger partial charge in [0.1, 0.15) is 5.82 Å². The maximum atomic E-state index is 12.9. The van der Waals surface area contributed by atoms with E-state index in [-0.39, 0.29) is 24.0 Å². The Morgan fingerprint density at radius 2 is 2.08 bits per heavy atom. The lowest BCUT2D eigenvalue weighted by Crippen LogP contribution is -2.31. The van der Waals surface area contributed by atoms with Crippen molar-refractivity contribution < 1.29 is 9.59 Å². The van der Waals surface area contributed by atoms with E-state index in [0.717, 1.165) is 28.0 Å². The molecular weight excluding hydrogens is 314 g/mol. The van der Waals surface area contributed by atoms with Crippen LogP contribution in [0.25, 0.3) is 11.0 Å². The predicted octanol–water partition coefficient (Wildman–Crippen LogP) is 3.20. The van der Waals surface area contributed by atoms with Crippen LogP contribution in [0.15, 0.2) is 42.5 Å². The second-order valence-electron chi connectivity index (χ2n) is 6.67. The lowest BCUT2D eigenvalue weighted by molar-refractivity contribution is -0.132. The van der Waals surface area contributed by atoms with Crippen LogP contribution in [0.2, 0.25) is 0 Å². The number of carbonyl (C=O) groups is 2. The Labute approximate surface area is 145 Å². The lowest BCUT2D eigenvalue weighted by atomic mass is 10.00. The molecule has 1 aliphatic carbocycles. The molecule has 25 heavy (non-hydrogen) atoms. The van der Waals surface area contributed by atoms with E-state index in [1.54, 1.807) is 18.0 Å². The Hall–Kier alpha value is -2.95. The summed E-state index contributed by atoms with van der Waals surface area (Å²) in [6.07, 6.45) is 0.252. The number of aromatic amines is 1. The normalized spacial score (nSPS) is 16.2. The van der Waals surface area contributed by atoms with Crippen LogP contribution in [0, 0.1) is 6.92 Å². The summed E-state index contributed by atoms with van der Waals surface area (Å²) in [5.41, 5.74) is 4.53. The summed E-state index contributed by atoms with van der Waals surface area (Å²) in [5, 5.41) is 0. The number of hydrogen-bond acceptors (Lipinski definition) is 3. The van der Waals surface area contributed by atoms with Crippen molar-refractivity contribution >= 4 is 22.7 Å². The van der Waals surface area contributed by atoms with Crippen molar-refractivity contribution in [3.8, 4) is 0 Å². The molecule has 1 unspecified atom stereocenters. The second-order valence-corrected chi connectivity index (χ2v) is 6.67. The number of ketones is 1. The highest BCUT2D eigenvalue weighted by Crippen LogP contribution is 2.34. The van der Waals surface area contributed by atoms with Crippen LogP contribution < -0.4 is 0 Å². The molecule has 1 heterocycles. The van der Waals surface area contributed by atoms with Crippen molar-refractivity contribution in [1.29, 1.82) is 0 Å². The number of amides is 1. The minimum absolute atomic E-state index is 0.0431. The first-order chi connectivity index (χ1) is 12.0. The van der Waals surface area contributed by atoms with Gasteiger partial charge in [-0.1, -0.05) is 30.3 Å². The van der Waals surface area contributed by atoms with E-state index in [2.05, 4.69) is 9.97 Å². The predicted molar refractivity (Wildman–Crippen MR) is 95.4 cm³/mol. The zero-order valence-corrected chi connectivity index (χ0v) is 14.2. The van der Waals surface area contributed by atoms with E-state index in [1.165, 1.54) is 0 Å². The molecular formula is C20H19N3O2. The van der Waals surface area contributed by atoms with Crippen LogP contribution in [-0.4, -0.2) is 33.6 Å². The number of aryl methyl sites for hydroxylation is 1. The van der Waals surface area contributed by atoms with Gasteiger partial charge < -0.3 is 9.88 Å². The first-order valence-corrected chi connectivity index (χ1v) is 8.35. The molecule has 4 rings (SSSR count). The molecule has 3 aromatic rings. The number of aromatic nitrogens is 2. The van der Waals surface area contributed by atoms with Crippen LogP contribution in [0.4, 0.5) is 0 Å². The van der Waals surface area contributed by atoms with Crippen LogP contribution >= 0.6 is 0 Å². The molecule has 2 aromatic carbocycles. The van der Waals surface area contributed by atoms with Gasteiger partial charge in [0.25, 0.3) is 0 Å². The SMILES string of the molecule is Cc1ccc2nc(CN(C)C(=O)C3CC(=O)c4ccccc43)[nH]c2c1. The van der Waals surface area contributed by atoms with Crippen LogP contribution in [0.1, 0.15) is 39.6 Å². The largest absolute Gasteiger partial charge is 0.340 e. The molecule has 5 heteroatoms. The molecule has 0 saturated carbocycles. The average Bonchev–Trinajstić information content (AvgIpc) is 3.14. The summed E-state index contributed by atoms with van der Waals surface area (Å²) < 4.78 is 0. The third-order valence-corrected chi connectivity index (χ3v) is 4.77. The third-order valence-electron chi connectivity index (χ3n) is 4.77. The van der Waals surface area contributed by atoms with Crippen LogP contribution in [-0.2, 0) is 11.3 Å². The zero-order chi connectivity index (χ0) is 17.6. The van der Waals surface area contributed by atoms with Gasteiger partial charge >= 0.3 is 0 Å². The molecule has 126 valence electrons. The minimum Gasteiger partial charge on any atom is -0.340 e. The Bertz CT molecular complexity index is 990. The number of imidazole rings is 1. The van der Waals surface area contributed by atoms with Gasteiger partial charge in [0.15, 0.2) is 5.78 Å². The summed E-state index contributed by atoms with van der Waals surface area (Å²) in [5.74, 6) is 0.353. The molecule has 0 aliphatic heterocycles. The van der Waals surface area contributed by atoms with Crippen molar-refractivity contribution in [3.63, 3.8) is 0 Å². The van der Waals surface area contributed by atoms with E-state index in [4.69, 9.17) is 0 Å². The zero-order valence-electron chi connectivity index (χ0n) is 14.2. The van der Waals surface area contributed by atoms with Crippen LogP contribution in [0.5, 0.6) is 0 Å². The maximum absolute atomic E-state index is 12.9.